The highest BCUT2D eigenvalue weighted by Gasteiger charge is 2.24. The lowest BCUT2D eigenvalue weighted by Crippen LogP contribution is -2.33. The van der Waals surface area contributed by atoms with Crippen molar-refractivity contribution in [2.75, 3.05) is 17.2 Å². The molecule has 1 unspecified atom stereocenters. The molecule has 92 valence electrons. The number of carbonyl (C=O) groups is 1. The Labute approximate surface area is 108 Å². The van der Waals surface area contributed by atoms with Crippen molar-refractivity contribution < 1.29 is 4.79 Å². The number of fused-ring (bicyclic) bond motifs is 1. The summed E-state index contributed by atoms with van der Waals surface area (Å²) in [5, 5.41) is 14.1. The number of rotatable bonds is 2. The van der Waals surface area contributed by atoms with Crippen LogP contribution in [0.5, 0.6) is 0 Å². The summed E-state index contributed by atoms with van der Waals surface area (Å²) in [6.45, 7) is 0.654. The zero-order valence-electron chi connectivity index (χ0n) is 9.59. The first-order chi connectivity index (χ1) is 8.83. The van der Waals surface area contributed by atoms with E-state index in [1.54, 1.807) is 5.51 Å². The Morgan fingerprint density at radius 1 is 1.44 bits per heavy atom. The lowest BCUT2D eigenvalue weighted by atomic mass is 9.93. The molecule has 2 aromatic rings. The second-order valence-corrected chi connectivity index (χ2v) is 5.01. The molecule has 2 N–H and O–H groups in total. The number of para-hydroxylation sites is 1. The fraction of sp³-hybridized carbons (Fsp3) is 0.250. The molecule has 1 amide bonds. The fourth-order valence-corrected chi connectivity index (χ4v) is 2.51. The van der Waals surface area contributed by atoms with Gasteiger partial charge in [0.2, 0.25) is 11.0 Å². The van der Waals surface area contributed by atoms with Crippen molar-refractivity contribution in [1.82, 2.24) is 10.2 Å². The van der Waals surface area contributed by atoms with Crippen LogP contribution in [0.4, 0.5) is 10.8 Å². The number of nitrogens with zero attached hydrogens (tertiary/aromatic N) is 2. The van der Waals surface area contributed by atoms with E-state index in [0.29, 0.717) is 11.7 Å². The lowest BCUT2D eigenvalue weighted by molar-refractivity contribution is -0.119. The van der Waals surface area contributed by atoms with Crippen molar-refractivity contribution in [1.29, 1.82) is 0 Å². The Balaban J connectivity index is 1.70. The molecule has 1 aliphatic heterocycles. The number of hydrogen-bond acceptors (Lipinski definition) is 5. The van der Waals surface area contributed by atoms with Crippen molar-refractivity contribution in [3.8, 4) is 0 Å². The monoisotopic (exact) mass is 260 g/mol. The van der Waals surface area contributed by atoms with Gasteiger partial charge in [-0.15, -0.1) is 10.2 Å². The number of hydrogen-bond donors (Lipinski definition) is 2. The maximum absolute atomic E-state index is 12.1. The number of benzene rings is 1. The van der Waals surface area contributed by atoms with E-state index >= 15 is 0 Å². The second-order valence-electron chi connectivity index (χ2n) is 4.17. The van der Waals surface area contributed by atoms with E-state index in [4.69, 9.17) is 0 Å². The van der Waals surface area contributed by atoms with Gasteiger partial charge in [0.05, 0.1) is 5.92 Å². The van der Waals surface area contributed by atoms with Gasteiger partial charge in [-0.2, -0.15) is 0 Å². The summed E-state index contributed by atoms with van der Waals surface area (Å²) >= 11 is 1.33. The van der Waals surface area contributed by atoms with Crippen LogP contribution >= 0.6 is 11.3 Å². The van der Waals surface area contributed by atoms with Crippen molar-refractivity contribution >= 4 is 28.1 Å². The van der Waals surface area contributed by atoms with Gasteiger partial charge in [0, 0.05) is 12.2 Å². The highest BCUT2D eigenvalue weighted by atomic mass is 32.1. The molecule has 1 atom stereocenters. The maximum Gasteiger partial charge on any atom is 0.231 e. The molecule has 0 aliphatic carbocycles. The Hall–Kier alpha value is -1.95. The van der Waals surface area contributed by atoms with E-state index in [0.717, 1.165) is 12.1 Å². The van der Waals surface area contributed by atoms with E-state index in [2.05, 4.69) is 20.8 Å². The van der Waals surface area contributed by atoms with Crippen LogP contribution in [0.2, 0.25) is 0 Å². The summed E-state index contributed by atoms with van der Waals surface area (Å²) < 4.78 is 0. The standard InChI is InChI=1S/C12H12N4OS/c17-11(15-12-16-14-7-18-12)9-5-8-3-1-2-4-10(8)13-6-9/h1-4,7,9,13H,5-6H2,(H,15,16,17). The largest absolute Gasteiger partial charge is 0.384 e. The van der Waals surface area contributed by atoms with E-state index in [9.17, 15) is 4.79 Å². The van der Waals surface area contributed by atoms with Crippen LogP contribution in [0.3, 0.4) is 0 Å². The minimum absolute atomic E-state index is 0.00578. The maximum atomic E-state index is 12.1. The molecule has 1 aliphatic rings. The van der Waals surface area contributed by atoms with E-state index in [-0.39, 0.29) is 11.8 Å². The normalized spacial score (nSPS) is 17.7. The van der Waals surface area contributed by atoms with Gasteiger partial charge in [-0.1, -0.05) is 29.5 Å². The Morgan fingerprint density at radius 2 is 2.33 bits per heavy atom. The molecule has 0 fully saturated rings. The molecular formula is C12H12N4OS. The van der Waals surface area contributed by atoms with Crippen LogP contribution in [0.15, 0.2) is 29.8 Å². The zero-order valence-corrected chi connectivity index (χ0v) is 10.4. The van der Waals surface area contributed by atoms with Crippen LogP contribution in [-0.4, -0.2) is 22.6 Å². The molecule has 0 bridgehead atoms. The topological polar surface area (TPSA) is 66.9 Å². The first kappa shape index (κ1) is 11.2. The van der Waals surface area contributed by atoms with Gasteiger partial charge < -0.3 is 10.6 Å². The molecule has 0 radical (unpaired) electrons. The molecule has 18 heavy (non-hydrogen) atoms. The Kier molecular flexibility index (Phi) is 2.93. The zero-order chi connectivity index (χ0) is 12.4. The van der Waals surface area contributed by atoms with E-state index in [1.165, 1.54) is 16.9 Å². The minimum Gasteiger partial charge on any atom is -0.384 e. The average molecular weight is 260 g/mol. The molecule has 5 nitrogen and oxygen atoms in total. The van der Waals surface area contributed by atoms with Gasteiger partial charge in [0.15, 0.2) is 0 Å². The Morgan fingerprint density at radius 3 is 3.17 bits per heavy atom. The molecule has 1 aromatic heterocycles. The summed E-state index contributed by atoms with van der Waals surface area (Å²) in [7, 11) is 0. The summed E-state index contributed by atoms with van der Waals surface area (Å²) in [6, 6.07) is 8.07. The molecule has 0 spiro atoms. The molecule has 6 heteroatoms. The number of nitrogens with one attached hydrogen (secondary N) is 2. The number of aromatic nitrogens is 2. The molecule has 1 aromatic carbocycles. The molecular weight excluding hydrogens is 248 g/mol. The van der Waals surface area contributed by atoms with Crippen molar-refractivity contribution in [3.63, 3.8) is 0 Å². The van der Waals surface area contributed by atoms with Gasteiger partial charge in [-0.25, -0.2) is 0 Å². The second kappa shape index (κ2) is 4.73. The van der Waals surface area contributed by atoms with Crippen molar-refractivity contribution in [2.24, 2.45) is 5.92 Å². The SMILES string of the molecule is O=C(Nc1nncs1)C1CNc2ccccc2C1. The average Bonchev–Trinajstić information content (AvgIpc) is 2.91. The van der Waals surface area contributed by atoms with E-state index in [1.807, 2.05) is 24.3 Å². The summed E-state index contributed by atoms with van der Waals surface area (Å²) in [4.78, 5) is 12.1. The van der Waals surface area contributed by atoms with Crippen molar-refractivity contribution in [3.05, 3.63) is 35.3 Å². The predicted octanol–water partition coefficient (Wildman–Crippen LogP) is 1.76. The van der Waals surface area contributed by atoms with Gasteiger partial charge in [0.1, 0.15) is 5.51 Å². The van der Waals surface area contributed by atoms with Crippen molar-refractivity contribution in [2.45, 2.75) is 6.42 Å². The Bertz CT molecular complexity index is 555. The lowest BCUT2D eigenvalue weighted by Gasteiger charge is -2.24. The highest BCUT2D eigenvalue weighted by Crippen LogP contribution is 2.25. The molecule has 0 saturated carbocycles. The molecule has 2 heterocycles. The van der Waals surface area contributed by atoms with Gasteiger partial charge >= 0.3 is 0 Å². The number of carbonyl (C=O) groups excluding carboxylic acids is 1. The van der Waals surface area contributed by atoms with Crippen LogP contribution in [-0.2, 0) is 11.2 Å². The van der Waals surface area contributed by atoms with Crippen LogP contribution < -0.4 is 10.6 Å². The smallest absolute Gasteiger partial charge is 0.231 e. The summed E-state index contributed by atoms with van der Waals surface area (Å²) in [6.07, 6.45) is 0.758. The third-order valence-electron chi connectivity index (χ3n) is 2.98. The molecule has 0 saturated heterocycles. The third-order valence-corrected chi connectivity index (χ3v) is 3.59. The number of amides is 1. The third kappa shape index (κ3) is 2.19. The van der Waals surface area contributed by atoms with Gasteiger partial charge in [0.25, 0.3) is 0 Å². The van der Waals surface area contributed by atoms with Crippen LogP contribution in [0.1, 0.15) is 5.56 Å². The van der Waals surface area contributed by atoms with Crippen LogP contribution in [0.25, 0.3) is 0 Å². The quantitative estimate of drug-likeness (QED) is 0.863. The minimum atomic E-state index is -0.0659. The van der Waals surface area contributed by atoms with E-state index < -0.39 is 0 Å². The fourth-order valence-electron chi connectivity index (χ4n) is 2.06. The van der Waals surface area contributed by atoms with Gasteiger partial charge in [-0.3, -0.25) is 4.79 Å². The van der Waals surface area contributed by atoms with Crippen LogP contribution in [0, 0.1) is 5.92 Å². The summed E-state index contributed by atoms with van der Waals surface area (Å²) in [5.41, 5.74) is 3.91. The first-order valence-corrected chi connectivity index (χ1v) is 6.60. The first-order valence-electron chi connectivity index (χ1n) is 5.72. The summed E-state index contributed by atoms with van der Waals surface area (Å²) in [5.74, 6) is -0.0717. The predicted molar refractivity (Wildman–Crippen MR) is 70.7 cm³/mol. The highest BCUT2D eigenvalue weighted by molar-refractivity contribution is 7.13. The molecule has 3 rings (SSSR count). The van der Waals surface area contributed by atoms with Gasteiger partial charge in [-0.05, 0) is 18.1 Å². The number of anilines is 2.